The average Bonchev–Trinajstić information content (AvgIpc) is 2.61. The van der Waals surface area contributed by atoms with Crippen LogP contribution >= 0.6 is 0 Å². The molecule has 6 nitrogen and oxygen atoms in total. The number of para-hydroxylation sites is 1. The van der Waals surface area contributed by atoms with E-state index < -0.39 is 11.9 Å². The number of carboxylic acids is 2. The van der Waals surface area contributed by atoms with Crippen molar-refractivity contribution in [1.29, 1.82) is 0 Å². The number of benzene rings is 2. The predicted molar refractivity (Wildman–Crippen MR) is 94.6 cm³/mol. The summed E-state index contributed by atoms with van der Waals surface area (Å²) in [6, 6.07) is 16.9. The van der Waals surface area contributed by atoms with Gasteiger partial charge in [0.2, 0.25) is 0 Å². The van der Waals surface area contributed by atoms with Gasteiger partial charge in [-0.2, -0.15) is 0 Å². The Balaban J connectivity index is 0.000000487. The lowest BCUT2D eigenvalue weighted by Crippen LogP contribution is -2.20. The summed E-state index contributed by atoms with van der Waals surface area (Å²) >= 11 is 0. The Bertz CT molecular complexity index is 681. The van der Waals surface area contributed by atoms with E-state index in [2.05, 4.69) is 24.1 Å². The van der Waals surface area contributed by atoms with Crippen molar-refractivity contribution < 1.29 is 28.9 Å². The Labute approximate surface area is 151 Å². The van der Waals surface area contributed by atoms with Gasteiger partial charge in [-0.15, -0.1) is 0 Å². The van der Waals surface area contributed by atoms with Crippen LogP contribution in [0.15, 0.2) is 54.6 Å². The van der Waals surface area contributed by atoms with Crippen LogP contribution in [-0.2, 0) is 16.1 Å². The Morgan fingerprint density at radius 1 is 1.00 bits per heavy atom. The standard InChI is InChI=1S/C17H20FNO.C2H2O4/c1-19(14-15-8-3-2-4-9-15)12-7-13-20-17-11-6-5-10-16(17)18;3-1(4)2(5)6/h2-6,8-11H,7,12-14H2,1H3;(H,3,4)(H,5,6). The summed E-state index contributed by atoms with van der Waals surface area (Å²) in [6.07, 6.45) is 0.873. The highest BCUT2D eigenvalue weighted by Crippen LogP contribution is 2.15. The topological polar surface area (TPSA) is 87.1 Å². The van der Waals surface area contributed by atoms with Gasteiger partial charge in [0.05, 0.1) is 6.61 Å². The van der Waals surface area contributed by atoms with Crippen molar-refractivity contribution in [2.75, 3.05) is 20.2 Å². The smallest absolute Gasteiger partial charge is 0.414 e. The number of aliphatic carboxylic acids is 2. The maximum Gasteiger partial charge on any atom is 0.414 e. The van der Waals surface area contributed by atoms with Crippen molar-refractivity contribution in [3.63, 3.8) is 0 Å². The minimum atomic E-state index is -1.82. The second-order valence-corrected chi connectivity index (χ2v) is 5.47. The van der Waals surface area contributed by atoms with E-state index in [1.165, 1.54) is 11.6 Å². The number of rotatable bonds is 7. The first-order chi connectivity index (χ1) is 12.4. The van der Waals surface area contributed by atoms with Gasteiger partial charge in [-0.05, 0) is 31.2 Å². The van der Waals surface area contributed by atoms with E-state index in [9.17, 15) is 4.39 Å². The fourth-order valence-electron chi connectivity index (χ4n) is 2.05. The molecule has 7 heteroatoms. The van der Waals surface area contributed by atoms with E-state index in [-0.39, 0.29) is 5.82 Å². The summed E-state index contributed by atoms with van der Waals surface area (Å²) in [4.78, 5) is 20.4. The van der Waals surface area contributed by atoms with Crippen LogP contribution in [0.25, 0.3) is 0 Å². The van der Waals surface area contributed by atoms with Crippen LogP contribution in [0.4, 0.5) is 4.39 Å². The number of ether oxygens (including phenoxy) is 1. The number of hydrogen-bond donors (Lipinski definition) is 2. The minimum absolute atomic E-state index is 0.301. The summed E-state index contributed by atoms with van der Waals surface area (Å²) in [7, 11) is 2.08. The van der Waals surface area contributed by atoms with E-state index in [1.54, 1.807) is 18.2 Å². The maximum absolute atomic E-state index is 13.3. The molecule has 2 aromatic carbocycles. The first-order valence-electron chi connectivity index (χ1n) is 7.96. The zero-order chi connectivity index (χ0) is 19.4. The van der Waals surface area contributed by atoms with Crippen LogP contribution in [0.1, 0.15) is 12.0 Å². The maximum atomic E-state index is 13.3. The van der Waals surface area contributed by atoms with Crippen molar-refractivity contribution in [3.8, 4) is 5.75 Å². The van der Waals surface area contributed by atoms with E-state index >= 15 is 0 Å². The molecule has 0 aliphatic heterocycles. The van der Waals surface area contributed by atoms with Gasteiger partial charge in [0.15, 0.2) is 11.6 Å². The fourth-order valence-corrected chi connectivity index (χ4v) is 2.05. The molecule has 140 valence electrons. The molecule has 0 fully saturated rings. The highest BCUT2D eigenvalue weighted by atomic mass is 19.1. The lowest BCUT2D eigenvalue weighted by atomic mass is 10.2. The van der Waals surface area contributed by atoms with Crippen LogP contribution in [0.2, 0.25) is 0 Å². The van der Waals surface area contributed by atoms with Crippen LogP contribution in [0.3, 0.4) is 0 Å². The number of carboxylic acid groups (broad SMARTS) is 2. The molecule has 0 heterocycles. The molecule has 0 aromatic heterocycles. The summed E-state index contributed by atoms with van der Waals surface area (Å²) in [5, 5.41) is 14.8. The minimum Gasteiger partial charge on any atom is -0.490 e. The summed E-state index contributed by atoms with van der Waals surface area (Å²) in [5.41, 5.74) is 1.30. The molecule has 2 aromatic rings. The van der Waals surface area contributed by atoms with Crippen molar-refractivity contribution in [2.24, 2.45) is 0 Å². The van der Waals surface area contributed by atoms with Crippen molar-refractivity contribution in [1.82, 2.24) is 4.90 Å². The molecule has 0 amide bonds. The molecule has 0 radical (unpaired) electrons. The van der Waals surface area contributed by atoms with Gasteiger partial charge >= 0.3 is 11.9 Å². The molecular weight excluding hydrogens is 341 g/mol. The quantitative estimate of drug-likeness (QED) is 0.581. The van der Waals surface area contributed by atoms with Gasteiger partial charge in [0, 0.05) is 13.1 Å². The lowest BCUT2D eigenvalue weighted by Gasteiger charge is -2.16. The second kappa shape index (κ2) is 11.6. The molecule has 0 unspecified atom stereocenters. The fraction of sp³-hybridized carbons (Fsp3) is 0.263. The third kappa shape index (κ3) is 8.79. The van der Waals surface area contributed by atoms with Crippen LogP contribution in [-0.4, -0.2) is 47.3 Å². The molecule has 0 saturated heterocycles. The highest BCUT2D eigenvalue weighted by Gasteiger charge is 2.04. The van der Waals surface area contributed by atoms with E-state index in [4.69, 9.17) is 24.5 Å². The number of nitrogens with zero attached hydrogens (tertiary/aromatic N) is 1. The van der Waals surface area contributed by atoms with Gasteiger partial charge in [-0.25, -0.2) is 14.0 Å². The molecule has 2 N–H and O–H groups in total. The molecular formula is C19H22FNO5. The number of carbonyl (C=O) groups is 2. The molecule has 0 atom stereocenters. The monoisotopic (exact) mass is 363 g/mol. The molecule has 0 aliphatic carbocycles. The molecule has 0 saturated carbocycles. The molecule has 0 spiro atoms. The summed E-state index contributed by atoms with van der Waals surface area (Å²) in [5.74, 6) is -3.62. The van der Waals surface area contributed by atoms with Gasteiger partial charge in [-0.1, -0.05) is 42.5 Å². The zero-order valence-electron chi connectivity index (χ0n) is 14.5. The first-order valence-corrected chi connectivity index (χ1v) is 7.96. The Kier molecular flexibility index (Phi) is 9.42. The molecule has 0 aliphatic rings. The van der Waals surface area contributed by atoms with E-state index in [0.717, 1.165) is 19.5 Å². The van der Waals surface area contributed by atoms with Crippen LogP contribution < -0.4 is 4.74 Å². The first kappa shape index (κ1) is 21.1. The van der Waals surface area contributed by atoms with E-state index in [1.807, 2.05) is 18.2 Å². The Hall–Kier alpha value is -2.93. The van der Waals surface area contributed by atoms with Crippen molar-refractivity contribution in [3.05, 3.63) is 66.0 Å². The number of halogens is 1. The average molecular weight is 363 g/mol. The van der Waals surface area contributed by atoms with Gasteiger partial charge in [0.1, 0.15) is 0 Å². The van der Waals surface area contributed by atoms with E-state index in [0.29, 0.717) is 12.4 Å². The van der Waals surface area contributed by atoms with Crippen molar-refractivity contribution >= 4 is 11.9 Å². The second-order valence-electron chi connectivity index (χ2n) is 5.47. The van der Waals surface area contributed by atoms with Crippen LogP contribution in [0.5, 0.6) is 5.75 Å². The Morgan fingerprint density at radius 3 is 2.15 bits per heavy atom. The zero-order valence-corrected chi connectivity index (χ0v) is 14.5. The third-order valence-corrected chi connectivity index (χ3v) is 3.26. The highest BCUT2D eigenvalue weighted by molar-refractivity contribution is 6.27. The normalized spacial score (nSPS) is 9.96. The molecule has 2 rings (SSSR count). The molecule has 0 bridgehead atoms. The summed E-state index contributed by atoms with van der Waals surface area (Å²) < 4.78 is 18.8. The lowest BCUT2D eigenvalue weighted by molar-refractivity contribution is -0.159. The van der Waals surface area contributed by atoms with Gasteiger partial charge < -0.3 is 19.8 Å². The Morgan fingerprint density at radius 2 is 1.58 bits per heavy atom. The molecule has 26 heavy (non-hydrogen) atoms. The number of hydrogen-bond acceptors (Lipinski definition) is 4. The van der Waals surface area contributed by atoms with Gasteiger partial charge in [0.25, 0.3) is 0 Å². The van der Waals surface area contributed by atoms with Crippen molar-refractivity contribution in [2.45, 2.75) is 13.0 Å². The summed E-state index contributed by atoms with van der Waals surface area (Å²) in [6.45, 7) is 2.37. The largest absolute Gasteiger partial charge is 0.490 e. The predicted octanol–water partition coefficient (Wildman–Crippen LogP) is 2.88. The van der Waals surface area contributed by atoms with Crippen LogP contribution in [0, 0.1) is 5.82 Å². The van der Waals surface area contributed by atoms with Gasteiger partial charge in [-0.3, -0.25) is 0 Å². The third-order valence-electron chi connectivity index (χ3n) is 3.26. The SMILES string of the molecule is CN(CCCOc1ccccc1F)Cc1ccccc1.O=C(O)C(=O)O.